The third-order valence-corrected chi connectivity index (χ3v) is 3.40. The van der Waals surface area contributed by atoms with Crippen molar-refractivity contribution in [1.29, 1.82) is 0 Å². The zero-order chi connectivity index (χ0) is 13.4. The fourth-order valence-electron chi connectivity index (χ4n) is 1.80. The van der Waals surface area contributed by atoms with Crippen molar-refractivity contribution in [3.63, 3.8) is 0 Å². The van der Waals surface area contributed by atoms with E-state index in [1.54, 1.807) is 0 Å². The highest BCUT2D eigenvalue weighted by Crippen LogP contribution is 2.13. The van der Waals surface area contributed by atoms with E-state index in [1.807, 2.05) is 24.3 Å². The molecule has 1 rings (SSSR count). The van der Waals surface area contributed by atoms with Gasteiger partial charge in [0.25, 0.3) is 0 Å². The topological polar surface area (TPSA) is 38.5 Å². The number of nitrogens with two attached hydrogens (primary N) is 1. The molecule has 1 aromatic carbocycles. The third-order valence-electron chi connectivity index (χ3n) is 3.40. The molecule has 0 aliphatic carbocycles. The molecule has 0 heterocycles. The lowest BCUT2D eigenvalue weighted by molar-refractivity contribution is 0.220. The van der Waals surface area contributed by atoms with E-state index < -0.39 is 0 Å². The van der Waals surface area contributed by atoms with E-state index >= 15 is 0 Å². The minimum atomic E-state index is 0.563. The van der Waals surface area contributed by atoms with Crippen LogP contribution in [0.15, 0.2) is 24.3 Å². The summed E-state index contributed by atoms with van der Waals surface area (Å²) in [5.41, 5.74) is 6.71. The second-order valence-corrected chi connectivity index (χ2v) is 4.79. The molecular formula is C15H26N2O. The highest BCUT2D eigenvalue weighted by molar-refractivity contribution is 5.28. The van der Waals surface area contributed by atoms with Crippen molar-refractivity contribution in [2.24, 2.45) is 5.73 Å². The maximum atomic E-state index is 5.73. The summed E-state index contributed by atoms with van der Waals surface area (Å²) in [6.45, 7) is 6.87. The van der Waals surface area contributed by atoms with Crippen molar-refractivity contribution in [3.05, 3.63) is 29.8 Å². The summed E-state index contributed by atoms with van der Waals surface area (Å²) in [6, 6.07) is 8.65. The van der Waals surface area contributed by atoms with Gasteiger partial charge in [0.15, 0.2) is 0 Å². The molecule has 18 heavy (non-hydrogen) atoms. The van der Waals surface area contributed by atoms with Gasteiger partial charge in [0.1, 0.15) is 5.75 Å². The zero-order valence-electron chi connectivity index (χ0n) is 11.9. The van der Waals surface area contributed by atoms with Crippen LogP contribution >= 0.6 is 0 Å². The number of hydrogen-bond donors (Lipinski definition) is 1. The van der Waals surface area contributed by atoms with Gasteiger partial charge in [-0.2, -0.15) is 0 Å². The maximum absolute atomic E-state index is 5.73. The van der Waals surface area contributed by atoms with Gasteiger partial charge >= 0.3 is 0 Å². The first-order chi connectivity index (χ1) is 8.67. The molecule has 0 aliphatic heterocycles. The summed E-state index contributed by atoms with van der Waals surface area (Å²) in [6.07, 6.45) is 2.24. The Labute approximate surface area is 111 Å². The monoisotopic (exact) mass is 250 g/mol. The molecule has 3 heteroatoms. The molecule has 0 saturated heterocycles. The largest absolute Gasteiger partial charge is 0.494 e. The molecule has 0 bridgehead atoms. The minimum Gasteiger partial charge on any atom is -0.494 e. The Morgan fingerprint density at radius 1 is 1.39 bits per heavy atom. The van der Waals surface area contributed by atoms with Crippen molar-refractivity contribution in [2.45, 2.75) is 39.3 Å². The molecule has 102 valence electrons. The standard InChI is InChI=1S/C15H26N2O/c1-4-13(2)17(3)9-6-10-18-15-8-5-7-14(11-15)12-16/h5,7-8,11,13H,4,6,9-10,12,16H2,1-3H3. The predicted molar refractivity (Wildman–Crippen MR) is 76.8 cm³/mol. The van der Waals surface area contributed by atoms with Gasteiger partial charge in [-0.1, -0.05) is 19.1 Å². The summed E-state index contributed by atoms with van der Waals surface area (Å²) in [5.74, 6) is 0.921. The van der Waals surface area contributed by atoms with Crippen LogP contribution in [0.2, 0.25) is 0 Å². The summed E-state index contributed by atoms with van der Waals surface area (Å²) < 4.78 is 5.73. The van der Waals surface area contributed by atoms with Crippen LogP contribution in [0.25, 0.3) is 0 Å². The second kappa shape index (κ2) is 8.11. The van der Waals surface area contributed by atoms with Gasteiger partial charge in [-0.3, -0.25) is 0 Å². The van der Waals surface area contributed by atoms with E-state index in [-0.39, 0.29) is 0 Å². The quantitative estimate of drug-likeness (QED) is 0.721. The first-order valence-corrected chi connectivity index (χ1v) is 6.79. The Balaban J connectivity index is 2.25. The fourth-order valence-corrected chi connectivity index (χ4v) is 1.80. The first-order valence-electron chi connectivity index (χ1n) is 6.79. The Hall–Kier alpha value is -1.06. The van der Waals surface area contributed by atoms with E-state index in [0.29, 0.717) is 12.6 Å². The average molecular weight is 250 g/mol. The Morgan fingerprint density at radius 2 is 2.17 bits per heavy atom. The van der Waals surface area contributed by atoms with Gasteiger partial charge < -0.3 is 15.4 Å². The summed E-state index contributed by atoms with van der Waals surface area (Å²) in [4.78, 5) is 2.37. The molecule has 0 saturated carbocycles. The van der Waals surface area contributed by atoms with Crippen LogP contribution in [0.5, 0.6) is 5.75 Å². The van der Waals surface area contributed by atoms with Crippen molar-refractivity contribution in [1.82, 2.24) is 4.90 Å². The lowest BCUT2D eigenvalue weighted by atomic mass is 10.2. The van der Waals surface area contributed by atoms with Gasteiger partial charge in [-0.05, 0) is 44.5 Å². The van der Waals surface area contributed by atoms with Gasteiger partial charge in [0.05, 0.1) is 6.61 Å². The van der Waals surface area contributed by atoms with Crippen LogP contribution in [0.4, 0.5) is 0 Å². The molecule has 0 spiro atoms. The average Bonchev–Trinajstić information content (AvgIpc) is 2.42. The Kier molecular flexibility index (Phi) is 6.76. The number of nitrogens with zero attached hydrogens (tertiary/aromatic N) is 1. The van der Waals surface area contributed by atoms with Crippen LogP contribution in [0.3, 0.4) is 0 Å². The highest BCUT2D eigenvalue weighted by atomic mass is 16.5. The predicted octanol–water partition coefficient (Wildman–Crippen LogP) is 2.64. The van der Waals surface area contributed by atoms with Crippen LogP contribution in [0, 0.1) is 0 Å². The molecule has 0 aromatic heterocycles. The van der Waals surface area contributed by atoms with Crippen molar-refractivity contribution >= 4 is 0 Å². The van der Waals surface area contributed by atoms with E-state index in [0.717, 1.165) is 30.9 Å². The Bertz CT molecular complexity index is 341. The first kappa shape index (κ1) is 15.0. The third kappa shape index (κ3) is 5.07. The molecule has 0 radical (unpaired) electrons. The summed E-state index contributed by atoms with van der Waals surface area (Å²) in [7, 11) is 2.17. The van der Waals surface area contributed by atoms with Gasteiger partial charge in [0, 0.05) is 19.1 Å². The van der Waals surface area contributed by atoms with Crippen LogP contribution in [-0.4, -0.2) is 31.1 Å². The number of benzene rings is 1. The SMILES string of the molecule is CCC(C)N(C)CCCOc1cccc(CN)c1. The smallest absolute Gasteiger partial charge is 0.119 e. The van der Waals surface area contributed by atoms with E-state index in [1.165, 1.54) is 6.42 Å². The number of ether oxygens (including phenoxy) is 1. The van der Waals surface area contributed by atoms with Gasteiger partial charge in [-0.25, -0.2) is 0 Å². The lowest BCUT2D eigenvalue weighted by Crippen LogP contribution is -2.30. The molecule has 1 aromatic rings. The van der Waals surface area contributed by atoms with E-state index in [2.05, 4.69) is 25.8 Å². The second-order valence-electron chi connectivity index (χ2n) is 4.79. The van der Waals surface area contributed by atoms with Crippen molar-refractivity contribution in [3.8, 4) is 5.75 Å². The molecule has 1 unspecified atom stereocenters. The minimum absolute atomic E-state index is 0.563. The van der Waals surface area contributed by atoms with Gasteiger partial charge in [-0.15, -0.1) is 0 Å². The maximum Gasteiger partial charge on any atom is 0.119 e. The van der Waals surface area contributed by atoms with Crippen LogP contribution in [-0.2, 0) is 6.54 Å². The highest BCUT2D eigenvalue weighted by Gasteiger charge is 2.05. The van der Waals surface area contributed by atoms with Crippen LogP contribution < -0.4 is 10.5 Å². The number of rotatable bonds is 8. The molecule has 2 N–H and O–H groups in total. The fraction of sp³-hybridized carbons (Fsp3) is 0.600. The molecule has 1 atom stereocenters. The van der Waals surface area contributed by atoms with E-state index in [4.69, 9.17) is 10.5 Å². The lowest BCUT2D eigenvalue weighted by Gasteiger charge is -2.23. The van der Waals surface area contributed by atoms with Crippen molar-refractivity contribution in [2.75, 3.05) is 20.2 Å². The zero-order valence-corrected chi connectivity index (χ0v) is 11.9. The van der Waals surface area contributed by atoms with E-state index in [9.17, 15) is 0 Å². The molecule has 3 nitrogen and oxygen atoms in total. The van der Waals surface area contributed by atoms with Crippen LogP contribution in [0.1, 0.15) is 32.3 Å². The molecular weight excluding hydrogens is 224 g/mol. The molecule has 0 aliphatic rings. The molecule has 0 fully saturated rings. The van der Waals surface area contributed by atoms with Crippen molar-refractivity contribution < 1.29 is 4.74 Å². The Morgan fingerprint density at radius 3 is 2.83 bits per heavy atom. The summed E-state index contributed by atoms with van der Waals surface area (Å²) >= 11 is 0. The normalized spacial score (nSPS) is 12.7. The molecule has 0 amide bonds. The van der Waals surface area contributed by atoms with Gasteiger partial charge in [0.2, 0.25) is 0 Å². The summed E-state index contributed by atoms with van der Waals surface area (Å²) in [5, 5.41) is 0. The number of hydrogen-bond acceptors (Lipinski definition) is 3.